The minimum Gasteiger partial charge on any atom is -0.448 e. The fourth-order valence-electron chi connectivity index (χ4n) is 2.54. The zero-order valence-corrected chi connectivity index (χ0v) is 22.0. The maximum Gasteiger partial charge on any atom is 0.436 e. The van der Waals surface area contributed by atoms with Gasteiger partial charge in [0.15, 0.2) is 0 Å². The van der Waals surface area contributed by atoms with Gasteiger partial charge in [-0.05, 0) is 52.9 Å². The molecule has 14 heteroatoms. The molecule has 0 saturated heterocycles. The number of carbonyl (C=O) groups is 5. The molecule has 0 atom stereocenters. The lowest BCUT2D eigenvalue weighted by Crippen LogP contribution is -2.66. The second kappa shape index (κ2) is 15.9. The number of nitrogens with two attached hydrogens (primary N) is 3. The molecule has 0 aromatic rings. The van der Waals surface area contributed by atoms with Crippen molar-refractivity contribution in [2.24, 2.45) is 17.3 Å². The number of unbranched alkanes of at least 4 members (excludes halogenated alkanes) is 3. The average molecular weight is 519 g/mol. The first-order valence-corrected chi connectivity index (χ1v) is 12.0. The third-order valence-corrected chi connectivity index (χ3v) is 4.53. The van der Waals surface area contributed by atoms with Crippen molar-refractivity contribution in [1.82, 2.24) is 15.4 Å². The SMILES string of the molecule is CCCCOC(=O)N(N)C(=O)CCCCC(N)(N)C(=O)N(NC(=O)OC(C)(C)C)C(=O)OCCCC. The highest BCUT2D eigenvalue weighted by molar-refractivity contribution is 5.98. The summed E-state index contributed by atoms with van der Waals surface area (Å²) in [6.45, 7) is 8.76. The van der Waals surface area contributed by atoms with Crippen LogP contribution in [0.25, 0.3) is 0 Å². The Morgan fingerprint density at radius 1 is 0.833 bits per heavy atom. The van der Waals surface area contributed by atoms with Gasteiger partial charge in [0.2, 0.25) is 5.91 Å². The Morgan fingerprint density at radius 2 is 1.36 bits per heavy atom. The largest absolute Gasteiger partial charge is 0.448 e. The van der Waals surface area contributed by atoms with Crippen molar-refractivity contribution in [3.63, 3.8) is 0 Å². The zero-order valence-electron chi connectivity index (χ0n) is 22.0. The second-order valence-electron chi connectivity index (χ2n) is 9.20. The lowest BCUT2D eigenvalue weighted by Gasteiger charge is -2.30. The molecular weight excluding hydrogens is 476 g/mol. The van der Waals surface area contributed by atoms with Gasteiger partial charge in [0.05, 0.1) is 13.2 Å². The lowest BCUT2D eigenvalue weighted by molar-refractivity contribution is -0.138. The molecule has 0 aliphatic carbocycles. The number of carbonyl (C=O) groups excluding carboxylic acids is 5. The summed E-state index contributed by atoms with van der Waals surface area (Å²) in [5, 5.41) is 0.667. The normalized spacial score (nSPS) is 11.3. The monoisotopic (exact) mass is 518 g/mol. The molecule has 0 rings (SSSR count). The van der Waals surface area contributed by atoms with E-state index in [0.717, 1.165) is 12.8 Å². The van der Waals surface area contributed by atoms with E-state index in [1.807, 2.05) is 19.3 Å². The molecule has 14 nitrogen and oxygen atoms in total. The Kier molecular flexibility index (Phi) is 14.6. The molecule has 0 radical (unpaired) electrons. The van der Waals surface area contributed by atoms with Gasteiger partial charge in [-0.15, -0.1) is 5.01 Å². The molecule has 0 bridgehead atoms. The Hall–Kier alpha value is -2.97. The van der Waals surface area contributed by atoms with E-state index in [-0.39, 0.29) is 43.9 Å². The Labute approximate surface area is 212 Å². The lowest BCUT2D eigenvalue weighted by atomic mass is 10.0. The molecule has 0 aliphatic heterocycles. The summed E-state index contributed by atoms with van der Waals surface area (Å²) in [6, 6.07) is 0. The van der Waals surface area contributed by atoms with E-state index in [0.29, 0.717) is 17.9 Å². The van der Waals surface area contributed by atoms with Gasteiger partial charge in [-0.2, -0.15) is 5.01 Å². The summed E-state index contributed by atoms with van der Waals surface area (Å²) in [4.78, 5) is 61.4. The number of nitrogens with zero attached hydrogens (tertiary/aromatic N) is 2. The number of rotatable bonds is 12. The van der Waals surface area contributed by atoms with E-state index >= 15 is 0 Å². The molecule has 36 heavy (non-hydrogen) atoms. The maximum absolute atomic E-state index is 12.9. The van der Waals surface area contributed by atoms with Crippen LogP contribution in [-0.2, 0) is 23.8 Å². The van der Waals surface area contributed by atoms with Gasteiger partial charge in [0.25, 0.3) is 5.91 Å². The summed E-state index contributed by atoms with van der Waals surface area (Å²) in [5.41, 5.74) is 10.9. The van der Waals surface area contributed by atoms with Crippen LogP contribution < -0.4 is 22.7 Å². The number of hydrogen-bond acceptors (Lipinski definition) is 11. The Bertz CT molecular complexity index is 753. The van der Waals surface area contributed by atoms with Gasteiger partial charge in [-0.25, -0.2) is 25.7 Å². The van der Waals surface area contributed by atoms with Gasteiger partial charge in [0, 0.05) is 6.42 Å². The number of hydrazine groups is 2. The molecule has 0 unspecified atom stereocenters. The van der Waals surface area contributed by atoms with Gasteiger partial charge in [-0.1, -0.05) is 26.7 Å². The van der Waals surface area contributed by atoms with E-state index in [1.54, 1.807) is 20.8 Å². The number of hydrogen-bond donors (Lipinski definition) is 4. The Balaban J connectivity index is 5.03. The van der Waals surface area contributed by atoms with Crippen molar-refractivity contribution in [2.75, 3.05) is 13.2 Å². The van der Waals surface area contributed by atoms with Gasteiger partial charge in [-0.3, -0.25) is 9.59 Å². The van der Waals surface area contributed by atoms with Crippen molar-refractivity contribution in [3.8, 4) is 0 Å². The fourth-order valence-corrected chi connectivity index (χ4v) is 2.54. The van der Waals surface area contributed by atoms with Crippen LogP contribution in [0.3, 0.4) is 0 Å². The van der Waals surface area contributed by atoms with E-state index in [2.05, 4.69) is 0 Å². The highest BCUT2D eigenvalue weighted by Gasteiger charge is 2.39. The predicted octanol–water partition coefficient (Wildman–Crippen LogP) is 2.00. The quantitative estimate of drug-likeness (QED) is 0.0732. The second-order valence-corrected chi connectivity index (χ2v) is 9.20. The van der Waals surface area contributed by atoms with Crippen molar-refractivity contribution in [3.05, 3.63) is 0 Å². The number of ether oxygens (including phenoxy) is 3. The molecule has 7 N–H and O–H groups in total. The smallest absolute Gasteiger partial charge is 0.436 e. The highest BCUT2D eigenvalue weighted by atomic mass is 16.6. The first-order chi connectivity index (χ1) is 16.7. The molecule has 0 aliphatic rings. The Morgan fingerprint density at radius 3 is 1.86 bits per heavy atom. The van der Waals surface area contributed by atoms with Crippen molar-refractivity contribution in [1.29, 1.82) is 0 Å². The number of amides is 5. The van der Waals surface area contributed by atoms with Crippen LogP contribution in [0.1, 0.15) is 86.0 Å². The van der Waals surface area contributed by atoms with Gasteiger partial charge < -0.3 is 25.7 Å². The van der Waals surface area contributed by atoms with Crippen molar-refractivity contribution in [2.45, 2.75) is 97.2 Å². The third-order valence-electron chi connectivity index (χ3n) is 4.53. The predicted molar refractivity (Wildman–Crippen MR) is 129 cm³/mol. The van der Waals surface area contributed by atoms with Gasteiger partial charge in [0.1, 0.15) is 11.3 Å². The third kappa shape index (κ3) is 13.2. The van der Waals surface area contributed by atoms with Crippen LogP contribution >= 0.6 is 0 Å². The van der Waals surface area contributed by atoms with Crippen LogP contribution in [0, 0.1) is 0 Å². The molecule has 208 valence electrons. The van der Waals surface area contributed by atoms with E-state index in [1.165, 1.54) is 0 Å². The topological polar surface area (TPSA) is 210 Å². The fraction of sp³-hybridized carbons (Fsp3) is 0.773. The minimum absolute atomic E-state index is 0.00976. The van der Waals surface area contributed by atoms with E-state index in [9.17, 15) is 24.0 Å². The summed E-state index contributed by atoms with van der Waals surface area (Å²) in [7, 11) is 0. The van der Waals surface area contributed by atoms with Crippen LogP contribution in [0.15, 0.2) is 0 Å². The zero-order chi connectivity index (χ0) is 27.9. The minimum atomic E-state index is -2.09. The average Bonchev–Trinajstić information content (AvgIpc) is 2.78. The number of imide groups is 2. The van der Waals surface area contributed by atoms with Crippen LogP contribution in [0.2, 0.25) is 0 Å². The van der Waals surface area contributed by atoms with Crippen molar-refractivity contribution < 1.29 is 38.2 Å². The van der Waals surface area contributed by atoms with Crippen LogP contribution in [0.4, 0.5) is 14.4 Å². The highest BCUT2D eigenvalue weighted by Crippen LogP contribution is 2.13. The number of nitrogens with one attached hydrogen (secondary N) is 1. The summed E-state index contributed by atoms with van der Waals surface area (Å²) in [6.07, 6.45) is -0.457. The van der Waals surface area contributed by atoms with E-state index < -0.39 is 41.4 Å². The molecule has 0 fully saturated rings. The molecule has 0 aromatic carbocycles. The van der Waals surface area contributed by atoms with Crippen LogP contribution in [-0.4, -0.2) is 64.6 Å². The maximum atomic E-state index is 12.9. The molecule has 0 heterocycles. The first kappa shape index (κ1) is 33.0. The molecule has 0 spiro atoms. The summed E-state index contributed by atoms with van der Waals surface area (Å²) >= 11 is 0. The molecule has 0 saturated carbocycles. The molecular formula is C22H42N6O8. The first-order valence-electron chi connectivity index (χ1n) is 12.0. The van der Waals surface area contributed by atoms with Crippen molar-refractivity contribution >= 4 is 30.1 Å². The standard InChI is InChI=1S/C22H42N6O8/c1-6-8-14-34-19(32)27(25)16(29)12-10-11-13-22(23,24)17(30)28(20(33)35-15-9-7-2)26-18(31)36-21(3,4)5/h6-15,23-25H2,1-5H3,(H,26,31). The van der Waals surface area contributed by atoms with Crippen LogP contribution in [0.5, 0.6) is 0 Å². The van der Waals surface area contributed by atoms with E-state index in [4.69, 9.17) is 31.5 Å². The summed E-state index contributed by atoms with van der Waals surface area (Å²) < 4.78 is 15.0. The summed E-state index contributed by atoms with van der Waals surface area (Å²) in [5.74, 6) is 3.65. The van der Waals surface area contributed by atoms with Gasteiger partial charge >= 0.3 is 18.3 Å². The molecule has 0 aromatic heterocycles. The molecule has 5 amide bonds.